The van der Waals surface area contributed by atoms with Crippen LogP contribution in [0.5, 0.6) is 0 Å². The maximum Gasteiger partial charge on any atom is 0.159 e. The van der Waals surface area contributed by atoms with Crippen molar-refractivity contribution in [2.75, 3.05) is 6.54 Å². The van der Waals surface area contributed by atoms with Crippen molar-refractivity contribution >= 4 is 21.4 Å². The minimum atomic E-state index is -0.816. The number of thiophene rings is 1. The first-order valence-corrected chi connectivity index (χ1v) is 7.73. The summed E-state index contributed by atoms with van der Waals surface area (Å²) in [4.78, 5) is 0. The molecule has 1 unspecified atom stereocenters. The number of hydrogen-bond donors (Lipinski definition) is 1. The van der Waals surface area contributed by atoms with Gasteiger partial charge in [-0.15, -0.1) is 11.3 Å². The highest BCUT2D eigenvalue weighted by Gasteiger charge is 2.18. The number of fused-ring (bicyclic) bond motifs is 1. The largest absolute Gasteiger partial charge is 0.306 e. The Bertz CT molecular complexity index is 766. The Hall–Kier alpha value is -1.78. The van der Waals surface area contributed by atoms with Gasteiger partial charge in [0.05, 0.1) is 6.04 Å². The SMILES string of the molecule is CCNC(c1ccc(F)c(F)c1)c1csc2ccccc12. The molecule has 0 radical (unpaired) electrons. The molecule has 0 aliphatic rings. The lowest BCUT2D eigenvalue weighted by molar-refractivity contribution is 0.504. The smallest absolute Gasteiger partial charge is 0.159 e. The topological polar surface area (TPSA) is 12.0 Å². The van der Waals surface area contributed by atoms with E-state index in [1.807, 2.05) is 19.1 Å². The molecule has 0 aliphatic heterocycles. The Labute approximate surface area is 126 Å². The van der Waals surface area contributed by atoms with E-state index in [0.29, 0.717) is 0 Å². The van der Waals surface area contributed by atoms with Crippen LogP contribution in [0.4, 0.5) is 8.78 Å². The van der Waals surface area contributed by atoms with Gasteiger partial charge in [-0.2, -0.15) is 0 Å². The Morgan fingerprint density at radius 2 is 1.90 bits per heavy atom. The second-order valence-corrected chi connectivity index (χ2v) is 5.76. The Balaban J connectivity index is 2.11. The van der Waals surface area contributed by atoms with Crippen molar-refractivity contribution in [2.45, 2.75) is 13.0 Å². The van der Waals surface area contributed by atoms with Crippen LogP contribution in [0.2, 0.25) is 0 Å². The summed E-state index contributed by atoms with van der Waals surface area (Å²) >= 11 is 1.66. The molecule has 1 atom stereocenters. The number of rotatable bonds is 4. The standard InChI is InChI=1S/C17H15F2NS/c1-2-20-17(11-7-8-14(18)15(19)9-11)13-10-21-16-6-4-3-5-12(13)16/h3-10,17,20H,2H2,1H3. The van der Waals surface area contributed by atoms with Gasteiger partial charge in [-0.1, -0.05) is 31.2 Å². The third kappa shape index (κ3) is 2.69. The van der Waals surface area contributed by atoms with Gasteiger partial charge in [0.25, 0.3) is 0 Å². The first kappa shape index (κ1) is 14.2. The summed E-state index contributed by atoms with van der Waals surface area (Å²) in [6.07, 6.45) is 0. The molecule has 1 N–H and O–H groups in total. The quantitative estimate of drug-likeness (QED) is 0.724. The Kier molecular flexibility index (Phi) is 3.99. The summed E-state index contributed by atoms with van der Waals surface area (Å²) in [5, 5.41) is 6.59. The maximum absolute atomic E-state index is 13.5. The van der Waals surface area contributed by atoms with Gasteiger partial charge in [-0.25, -0.2) is 8.78 Å². The van der Waals surface area contributed by atoms with Gasteiger partial charge < -0.3 is 5.32 Å². The molecule has 1 nitrogen and oxygen atoms in total. The zero-order valence-electron chi connectivity index (χ0n) is 11.6. The summed E-state index contributed by atoms with van der Waals surface area (Å²) < 4.78 is 27.9. The van der Waals surface area contributed by atoms with E-state index in [0.717, 1.165) is 23.1 Å². The number of benzene rings is 2. The van der Waals surface area contributed by atoms with Gasteiger partial charge in [-0.3, -0.25) is 0 Å². The molecular formula is C17H15F2NS. The summed E-state index contributed by atoms with van der Waals surface area (Å²) in [7, 11) is 0. The van der Waals surface area contributed by atoms with E-state index < -0.39 is 11.6 Å². The molecule has 21 heavy (non-hydrogen) atoms. The minimum absolute atomic E-state index is 0.138. The molecule has 1 heterocycles. The van der Waals surface area contributed by atoms with Gasteiger partial charge in [0.2, 0.25) is 0 Å². The fourth-order valence-electron chi connectivity index (χ4n) is 2.53. The first-order valence-electron chi connectivity index (χ1n) is 6.85. The van der Waals surface area contributed by atoms with Crippen molar-refractivity contribution in [3.8, 4) is 0 Å². The van der Waals surface area contributed by atoms with E-state index in [-0.39, 0.29) is 6.04 Å². The second kappa shape index (κ2) is 5.92. The van der Waals surface area contributed by atoms with Crippen LogP contribution in [0.1, 0.15) is 24.1 Å². The van der Waals surface area contributed by atoms with Crippen LogP contribution in [0.3, 0.4) is 0 Å². The Morgan fingerprint density at radius 3 is 2.67 bits per heavy atom. The van der Waals surface area contributed by atoms with Crippen LogP contribution >= 0.6 is 11.3 Å². The molecule has 0 saturated carbocycles. The summed E-state index contributed by atoms with van der Waals surface area (Å²) in [5.74, 6) is -1.63. The lowest BCUT2D eigenvalue weighted by Gasteiger charge is -2.18. The zero-order valence-corrected chi connectivity index (χ0v) is 12.4. The average molecular weight is 303 g/mol. The second-order valence-electron chi connectivity index (χ2n) is 4.85. The zero-order chi connectivity index (χ0) is 14.8. The number of nitrogens with one attached hydrogen (secondary N) is 1. The first-order chi connectivity index (χ1) is 10.2. The molecule has 3 aromatic rings. The molecule has 1 aromatic heterocycles. The van der Waals surface area contributed by atoms with Crippen molar-refractivity contribution < 1.29 is 8.78 Å². The fraction of sp³-hybridized carbons (Fsp3) is 0.176. The highest BCUT2D eigenvalue weighted by atomic mass is 32.1. The third-order valence-electron chi connectivity index (χ3n) is 3.51. The molecule has 4 heteroatoms. The van der Waals surface area contributed by atoms with E-state index >= 15 is 0 Å². The molecule has 0 saturated heterocycles. The average Bonchev–Trinajstić information content (AvgIpc) is 2.92. The van der Waals surface area contributed by atoms with Crippen molar-refractivity contribution in [2.24, 2.45) is 0 Å². The van der Waals surface area contributed by atoms with E-state index in [2.05, 4.69) is 22.8 Å². The monoisotopic (exact) mass is 303 g/mol. The van der Waals surface area contributed by atoms with Crippen LogP contribution in [0.25, 0.3) is 10.1 Å². The van der Waals surface area contributed by atoms with Crippen LogP contribution in [0.15, 0.2) is 47.8 Å². The predicted molar refractivity (Wildman–Crippen MR) is 83.7 cm³/mol. The van der Waals surface area contributed by atoms with Crippen LogP contribution < -0.4 is 5.32 Å². The number of hydrogen-bond acceptors (Lipinski definition) is 2. The number of halogens is 2. The summed E-state index contributed by atoms with van der Waals surface area (Å²) in [5.41, 5.74) is 1.84. The van der Waals surface area contributed by atoms with Gasteiger partial charge in [0.1, 0.15) is 0 Å². The molecule has 3 rings (SSSR count). The molecule has 0 amide bonds. The van der Waals surface area contributed by atoms with Crippen LogP contribution in [-0.2, 0) is 0 Å². The summed E-state index contributed by atoms with van der Waals surface area (Å²) in [6.45, 7) is 2.75. The minimum Gasteiger partial charge on any atom is -0.306 e. The fourth-order valence-corrected chi connectivity index (χ4v) is 3.51. The molecule has 0 aliphatic carbocycles. The molecule has 2 aromatic carbocycles. The summed E-state index contributed by atoms with van der Waals surface area (Å²) in [6, 6.07) is 12.1. The normalized spacial score (nSPS) is 12.7. The van der Waals surface area contributed by atoms with Crippen molar-refractivity contribution in [3.05, 3.63) is 70.6 Å². The molecule has 0 fully saturated rings. The van der Waals surface area contributed by atoms with Crippen molar-refractivity contribution in [1.29, 1.82) is 0 Å². The van der Waals surface area contributed by atoms with Gasteiger partial charge >= 0.3 is 0 Å². The highest BCUT2D eigenvalue weighted by Crippen LogP contribution is 2.33. The lowest BCUT2D eigenvalue weighted by atomic mass is 9.98. The van der Waals surface area contributed by atoms with Crippen LogP contribution in [-0.4, -0.2) is 6.54 Å². The Morgan fingerprint density at radius 1 is 1.10 bits per heavy atom. The van der Waals surface area contributed by atoms with Crippen molar-refractivity contribution in [1.82, 2.24) is 5.32 Å². The predicted octanol–water partition coefficient (Wildman–Crippen LogP) is 4.88. The van der Waals surface area contributed by atoms with Gasteiger partial charge in [0, 0.05) is 4.70 Å². The van der Waals surface area contributed by atoms with Gasteiger partial charge in [-0.05, 0) is 46.6 Å². The van der Waals surface area contributed by atoms with Crippen LogP contribution in [0, 0.1) is 11.6 Å². The molecule has 0 bridgehead atoms. The maximum atomic E-state index is 13.5. The molecule has 108 valence electrons. The molecule has 0 spiro atoms. The molecular weight excluding hydrogens is 288 g/mol. The van der Waals surface area contributed by atoms with Crippen molar-refractivity contribution in [3.63, 3.8) is 0 Å². The van der Waals surface area contributed by atoms with E-state index in [1.54, 1.807) is 17.4 Å². The lowest BCUT2D eigenvalue weighted by Crippen LogP contribution is -2.22. The third-order valence-corrected chi connectivity index (χ3v) is 4.49. The van der Waals surface area contributed by atoms with E-state index in [4.69, 9.17) is 0 Å². The van der Waals surface area contributed by atoms with E-state index in [1.165, 1.54) is 16.8 Å². The highest BCUT2D eigenvalue weighted by molar-refractivity contribution is 7.17. The van der Waals surface area contributed by atoms with E-state index in [9.17, 15) is 8.78 Å². The van der Waals surface area contributed by atoms with Gasteiger partial charge in [0.15, 0.2) is 11.6 Å².